The van der Waals surface area contributed by atoms with Crippen molar-refractivity contribution in [3.05, 3.63) is 54.1 Å². The maximum Gasteiger partial charge on any atom is 0.267 e. The molecule has 2 amide bonds. The first kappa shape index (κ1) is 19.2. The third-order valence-corrected chi connectivity index (χ3v) is 4.44. The second-order valence-corrected chi connectivity index (χ2v) is 6.73. The van der Waals surface area contributed by atoms with Gasteiger partial charge in [-0.2, -0.15) is 0 Å². The number of amides is 2. The summed E-state index contributed by atoms with van der Waals surface area (Å²) in [4.78, 5) is 40.5. The van der Waals surface area contributed by atoms with Gasteiger partial charge in [0.1, 0.15) is 23.3 Å². The van der Waals surface area contributed by atoms with E-state index >= 15 is 0 Å². The fourth-order valence-corrected chi connectivity index (χ4v) is 2.91. The molecule has 0 spiro atoms. The summed E-state index contributed by atoms with van der Waals surface area (Å²) in [5.74, 6) is 0.789. The van der Waals surface area contributed by atoms with Crippen molar-refractivity contribution in [3.8, 4) is 23.0 Å². The molecule has 1 fully saturated rings. The third-order valence-electron chi connectivity index (χ3n) is 4.44. The lowest BCUT2D eigenvalue weighted by Crippen LogP contribution is -2.30. The smallest absolute Gasteiger partial charge is 0.267 e. The number of nitrogens with one attached hydrogen (secondary N) is 2. The summed E-state index contributed by atoms with van der Waals surface area (Å²) in [6, 6.07) is 7.99. The average Bonchev–Trinajstić information content (AvgIpc) is 3.14. The van der Waals surface area contributed by atoms with Gasteiger partial charge in [0.15, 0.2) is 5.82 Å². The summed E-state index contributed by atoms with van der Waals surface area (Å²) in [5, 5.41) is 5.78. The lowest BCUT2D eigenvalue weighted by atomic mass is 10.2. The Morgan fingerprint density at radius 2 is 2.00 bits per heavy atom. The highest BCUT2D eigenvalue weighted by atomic mass is 16.5. The van der Waals surface area contributed by atoms with Crippen LogP contribution in [0.4, 0.5) is 5.82 Å². The Kier molecular flexibility index (Phi) is 5.21. The van der Waals surface area contributed by atoms with Crippen LogP contribution in [0.1, 0.15) is 22.6 Å². The topological polar surface area (TPSA) is 145 Å². The van der Waals surface area contributed by atoms with Crippen LogP contribution in [-0.2, 0) is 4.79 Å². The van der Waals surface area contributed by atoms with Crippen LogP contribution in [0.2, 0.25) is 0 Å². The van der Waals surface area contributed by atoms with Crippen molar-refractivity contribution < 1.29 is 14.3 Å². The highest BCUT2D eigenvalue weighted by Gasteiger charge is 2.24. The molecule has 0 saturated carbocycles. The SMILES string of the molecule is Cc1cnc(Oc2ccc(-c3nc(N[C@H]4CCNC4=O)cc(C(N)=O)n3)cc2)cn1. The second-order valence-electron chi connectivity index (χ2n) is 6.73. The molecule has 0 radical (unpaired) electrons. The monoisotopic (exact) mass is 405 g/mol. The Hall–Kier alpha value is -4.08. The van der Waals surface area contributed by atoms with Crippen molar-refractivity contribution in [2.75, 3.05) is 11.9 Å². The molecule has 1 aromatic carbocycles. The lowest BCUT2D eigenvalue weighted by Gasteiger charge is -2.13. The quantitative estimate of drug-likeness (QED) is 0.558. The van der Waals surface area contributed by atoms with Gasteiger partial charge in [-0.05, 0) is 37.6 Å². The molecule has 0 unspecified atom stereocenters. The molecular formula is C20H19N7O3. The molecule has 1 aliphatic rings. The van der Waals surface area contributed by atoms with Gasteiger partial charge in [-0.15, -0.1) is 0 Å². The minimum Gasteiger partial charge on any atom is -0.438 e. The molecule has 10 heteroatoms. The molecule has 1 aliphatic heterocycles. The van der Waals surface area contributed by atoms with Gasteiger partial charge in [0.25, 0.3) is 5.91 Å². The number of carbonyl (C=O) groups is 2. The molecule has 3 aromatic rings. The predicted molar refractivity (Wildman–Crippen MR) is 108 cm³/mol. The molecular weight excluding hydrogens is 386 g/mol. The normalized spacial score (nSPS) is 15.5. The molecule has 1 saturated heterocycles. The van der Waals surface area contributed by atoms with Gasteiger partial charge in [-0.25, -0.2) is 15.0 Å². The van der Waals surface area contributed by atoms with Crippen molar-refractivity contribution in [2.24, 2.45) is 5.73 Å². The minimum absolute atomic E-state index is 0.0520. The second kappa shape index (κ2) is 8.11. The zero-order valence-corrected chi connectivity index (χ0v) is 16.1. The predicted octanol–water partition coefficient (Wildman–Crippen LogP) is 1.43. The highest BCUT2D eigenvalue weighted by molar-refractivity contribution is 5.92. The van der Waals surface area contributed by atoms with Gasteiger partial charge < -0.3 is 21.1 Å². The molecule has 0 aliphatic carbocycles. The van der Waals surface area contributed by atoms with Crippen LogP contribution in [0.15, 0.2) is 42.7 Å². The lowest BCUT2D eigenvalue weighted by molar-refractivity contribution is -0.119. The van der Waals surface area contributed by atoms with E-state index in [2.05, 4.69) is 30.6 Å². The van der Waals surface area contributed by atoms with Crippen molar-refractivity contribution in [1.82, 2.24) is 25.3 Å². The third kappa shape index (κ3) is 4.32. The number of nitrogens with zero attached hydrogens (tertiary/aromatic N) is 4. The first-order valence-electron chi connectivity index (χ1n) is 9.28. The van der Waals surface area contributed by atoms with E-state index in [4.69, 9.17) is 10.5 Å². The van der Waals surface area contributed by atoms with E-state index in [-0.39, 0.29) is 11.6 Å². The minimum atomic E-state index is -0.685. The van der Waals surface area contributed by atoms with Crippen LogP contribution in [0.5, 0.6) is 11.6 Å². The summed E-state index contributed by atoms with van der Waals surface area (Å²) in [6.45, 7) is 2.43. The zero-order valence-electron chi connectivity index (χ0n) is 16.1. The summed E-state index contributed by atoms with van der Waals surface area (Å²) in [5.41, 5.74) is 6.92. The molecule has 10 nitrogen and oxygen atoms in total. The van der Waals surface area contributed by atoms with E-state index in [9.17, 15) is 9.59 Å². The Balaban J connectivity index is 1.58. The number of primary amides is 1. The van der Waals surface area contributed by atoms with Crippen LogP contribution < -0.4 is 21.1 Å². The number of anilines is 1. The molecule has 2 aromatic heterocycles. The van der Waals surface area contributed by atoms with E-state index in [0.717, 1.165) is 5.69 Å². The number of aryl methyl sites for hydroxylation is 1. The van der Waals surface area contributed by atoms with Crippen LogP contribution in [0.3, 0.4) is 0 Å². The van der Waals surface area contributed by atoms with Gasteiger partial charge in [0.2, 0.25) is 11.8 Å². The molecule has 4 rings (SSSR count). The Morgan fingerprint density at radius 1 is 1.20 bits per heavy atom. The fraction of sp³-hybridized carbons (Fsp3) is 0.200. The van der Waals surface area contributed by atoms with Gasteiger partial charge in [-0.3, -0.25) is 14.6 Å². The maximum atomic E-state index is 11.8. The van der Waals surface area contributed by atoms with Crippen molar-refractivity contribution in [3.63, 3.8) is 0 Å². The van der Waals surface area contributed by atoms with Gasteiger partial charge in [-0.1, -0.05) is 0 Å². The van der Waals surface area contributed by atoms with Crippen molar-refractivity contribution >= 4 is 17.6 Å². The highest BCUT2D eigenvalue weighted by Crippen LogP contribution is 2.24. The van der Waals surface area contributed by atoms with E-state index < -0.39 is 11.9 Å². The largest absolute Gasteiger partial charge is 0.438 e. The number of carbonyl (C=O) groups excluding carboxylic acids is 2. The summed E-state index contributed by atoms with van der Waals surface area (Å²) in [7, 11) is 0. The fourth-order valence-electron chi connectivity index (χ4n) is 2.91. The number of nitrogens with two attached hydrogens (primary N) is 1. The van der Waals surface area contributed by atoms with Crippen LogP contribution in [-0.4, -0.2) is 44.3 Å². The van der Waals surface area contributed by atoms with Gasteiger partial charge in [0.05, 0.1) is 18.1 Å². The number of ether oxygens (including phenoxy) is 1. The Bertz CT molecular complexity index is 1080. The number of aromatic nitrogens is 4. The molecule has 30 heavy (non-hydrogen) atoms. The molecule has 4 N–H and O–H groups in total. The number of hydrogen-bond acceptors (Lipinski definition) is 8. The molecule has 1 atom stereocenters. The number of rotatable bonds is 6. The standard InChI is InChI=1S/C20H19N7O3/c1-11-9-24-17(10-23-11)30-13-4-2-12(3-5-13)19-26-15(18(21)28)8-16(27-19)25-14-6-7-22-20(14)29/h2-5,8-10,14H,6-7H2,1H3,(H2,21,28)(H,22,29)(H,25,26,27)/t14-/m0/s1. The first-order valence-corrected chi connectivity index (χ1v) is 9.28. The van der Waals surface area contributed by atoms with E-state index in [0.29, 0.717) is 41.8 Å². The van der Waals surface area contributed by atoms with E-state index in [1.54, 1.807) is 36.7 Å². The summed E-state index contributed by atoms with van der Waals surface area (Å²) < 4.78 is 5.67. The molecule has 3 heterocycles. The van der Waals surface area contributed by atoms with Gasteiger partial charge >= 0.3 is 0 Å². The van der Waals surface area contributed by atoms with E-state index in [1.165, 1.54) is 6.07 Å². The van der Waals surface area contributed by atoms with Gasteiger partial charge in [0, 0.05) is 18.2 Å². The zero-order chi connectivity index (χ0) is 21.1. The van der Waals surface area contributed by atoms with Crippen molar-refractivity contribution in [1.29, 1.82) is 0 Å². The first-order chi connectivity index (χ1) is 14.5. The average molecular weight is 405 g/mol. The summed E-state index contributed by atoms with van der Waals surface area (Å²) >= 11 is 0. The van der Waals surface area contributed by atoms with Crippen LogP contribution in [0, 0.1) is 6.92 Å². The summed E-state index contributed by atoms with van der Waals surface area (Å²) in [6.07, 6.45) is 3.78. The van der Waals surface area contributed by atoms with Crippen molar-refractivity contribution in [2.45, 2.75) is 19.4 Å². The molecule has 0 bridgehead atoms. The maximum absolute atomic E-state index is 11.8. The Labute approximate surface area is 171 Å². The van der Waals surface area contributed by atoms with Crippen LogP contribution >= 0.6 is 0 Å². The Morgan fingerprint density at radius 3 is 2.63 bits per heavy atom. The van der Waals surface area contributed by atoms with Crippen LogP contribution in [0.25, 0.3) is 11.4 Å². The number of hydrogen-bond donors (Lipinski definition) is 3. The molecule has 152 valence electrons. The van der Waals surface area contributed by atoms with E-state index in [1.807, 2.05) is 6.92 Å². The number of benzene rings is 1.